The van der Waals surface area contributed by atoms with Crippen molar-refractivity contribution in [1.29, 1.82) is 0 Å². The maximum atomic E-state index is 11.3. The smallest absolute Gasteiger partial charge is 0.346 e. The van der Waals surface area contributed by atoms with Crippen LogP contribution in [0.1, 0.15) is 6.92 Å². The zero-order chi connectivity index (χ0) is 14.4. The van der Waals surface area contributed by atoms with Crippen LogP contribution in [-0.2, 0) is 9.53 Å². The molecule has 2 aromatic carbocycles. The van der Waals surface area contributed by atoms with Crippen LogP contribution in [-0.4, -0.2) is 19.2 Å². The molecule has 0 spiro atoms. The average molecular weight is 272 g/mol. The summed E-state index contributed by atoms with van der Waals surface area (Å²) in [6.45, 7) is 1.64. The summed E-state index contributed by atoms with van der Waals surface area (Å²) >= 11 is 0. The van der Waals surface area contributed by atoms with Crippen molar-refractivity contribution in [2.24, 2.45) is 0 Å². The molecule has 0 radical (unpaired) electrons. The van der Waals surface area contributed by atoms with E-state index >= 15 is 0 Å². The number of rotatable bonds is 5. The highest BCUT2D eigenvalue weighted by Gasteiger charge is 2.14. The molecular weight excluding hydrogens is 256 g/mol. The minimum Gasteiger partial charge on any atom is -0.479 e. The third-order valence-corrected chi connectivity index (χ3v) is 2.63. The van der Waals surface area contributed by atoms with E-state index in [4.69, 9.17) is 9.47 Å². The summed E-state index contributed by atoms with van der Waals surface area (Å²) in [5.41, 5.74) is 0. The van der Waals surface area contributed by atoms with Crippen molar-refractivity contribution in [3.05, 3.63) is 54.6 Å². The molecule has 0 aromatic heterocycles. The lowest BCUT2D eigenvalue weighted by atomic mass is 10.3. The molecule has 2 rings (SSSR count). The molecule has 104 valence electrons. The molecule has 4 nitrogen and oxygen atoms in total. The highest BCUT2D eigenvalue weighted by molar-refractivity contribution is 5.74. The van der Waals surface area contributed by atoms with Crippen molar-refractivity contribution in [2.45, 2.75) is 13.0 Å². The maximum absolute atomic E-state index is 11.3. The van der Waals surface area contributed by atoms with E-state index in [9.17, 15) is 4.79 Å². The maximum Gasteiger partial charge on any atom is 0.346 e. The summed E-state index contributed by atoms with van der Waals surface area (Å²) in [5.74, 6) is 1.52. The average Bonchev–Trinajstić information content (AvgIpc) is 2.47. The number of benzene rings is 2. The first-order valence-electron chi connectivity index (χ1n) is 6.26. The summed E-state index contributed by atoms with van der Waals surface area (Å²) in [4.78, 5) is 11.3. The van der Waals surface area contributed by atoms with Crippen LogP contribution < -0.4 is 9.47 Å². The molecule has 0 N–H and O–H groups in total. The Kier molecular flexibility index (Phi) is 4.60. The number of carbonyl (C=O) groups is 1. The van der Waals surface area contributed by atoms with Gasteiger partial charge in [0.2, 0.25) is 0 Å². The molecule has 0 saturated heterocycles. The first-order valence-corrected chi connectivity index (χ1v) is 6.26. The van der Waals surface area contributed by atoms with Crippen LogP contribution in [0.3, 0.4) is 0 Å². The fraction of sp³-hybridized carbons (Fsp3) is 0.188. The fourth-order valence-electron chi connectivity index (χ4n) is 1.65. The van der Waals surface area contributed by atoms with Crippen LogP contribution in [0.25, 0.3) is 0 Å². The van der Waals surface area contributed by atoms with Gasteiger partial charge in [0.25, 0.3) is 0 Å². The highest BCUT2D eigenvalue weighted by atomic mass is 16.6. The molecule has 1 atom stereocenters. The van der Waals surface area contributed by atoms with Gasteiger partial charge in [-0.15, -0.1) is 0 Å². The number of hydrogen-bond donors (Lipinski definition) is 0. The van der Waals surface area contributed by atoms with Crippen molar-refractivity contribution < 1.29 is 19.0 Å². The Morgan fingerprint density at radius 3 is 2.30 bits per heavy atom. The van der Waals surface area contributed by atoms with Crippen LogP contribution in [0, 0.1) is 0 Å². The number of methoxy groups -OCH3 is 1. The van der Waals surface area contributed by atoms with Gasteiger partial charge in [-0.3, -0.25) is 0 Å². The second-order valence-electron chi connectivity index (χ2n) is 4.17. The van der Waals surface area contributed by atoms with Gasteiger partial charge in [0.05, 0.1) is 7.11 Å². The van der Waals surface area contributed by atoms with Gasteiger partial charge in [-0.05, 0) is 31.2 Å². The molecule has 0 saturated carbocycles. The summed E-state index contributed by atoms with van der Waals surface area (Å²) in [7, 11) is 1.33. The lowest BCUT2D eigenvalue weighted by molar-refractivity contribution is -0.147. The van der Waals surface area contributed by atoms with Gasteiger partial charge in [-0.25, -0.2) is 4.79 Å². The van der Waals surface area contributed by atoms with Crippen molar-refractivity contribution in [1.82, 2.24) is 0 Å². The number of ether oxygens (including phenoxy) is 3. The summed E-state index contributed by atoms with van der Waals surface area (Å²) in [6.07, 6.45) is -0.660. The second-order valence-corrected chi connectivity index (χ2v) is 4.17. The Labute approximate surface area is 117 Å². The predicted molar refractivity (Wildman–Crippen MR) is 75.1 cm³/mol. The Bertz CT molecular complexity index is 566. The Morgan fingerprint density at radius 1 is 0.950 bits per heavy atom. The molecule has 0 bridgehead atoms. The molecule has 2 aromatic rings. The molecular formula is C16H16O4. The van der Waals surface area contributed by atoms with E-state index in [1.54, 1.807) is 25.1 Å². The van der Waals surface area contributed by atoms with Gasteiger partial charge in [0, 0.05) is 6.07 Å². The monoisotopic (exact) mass is 272 g/mol. The van der Waals surface area contributed by atoms with Gasteiger partial charge < -0.3 is 14.2 Å². The molecule has 0 aliphatic rings. The quantitative estimate of drug-likeness (QED) is 0.782. The molecule has 4 heteroatoms. The van der Waals surface area contributed by atoms with Crippen molar-refractivity contribution in [2.75, 3.05) is 7.11 Å². The van der Waals surface area contributed by atoms with E-state index in [0.29, 0.717) is 11.5 Å². The van der Waals surface area contributed by atoms with E-state index in [1.807, 2.05) is 36.4 Å². The van der Waals surface area contributed by atoms with Gasteiger partial charge in [0.1, 0.15) is 17.2 Å². The Morgan fingerprint density at radius 2 is 1.60 bits per heavy atom. The van der Waals surface area contributed by atoms with Gasteiger partial charge >= 0.3 is 5.97 Å². The van der Waals surface area contributed by atoms with E-state index in [2.05, 4.69) is 4.74 Å². The third kappa shape index (κ3) is 3.75. The minimum absolute atomic E-state index is 0.417. The molecule has 0 heterocycles. The Balaban J connectivity index is 2.06. The van der Waals surface area contributed by atoms with Gasteiger partial charge in [-0.1, -0.05) is 24.3 Å². The van der Waals surface area contributed by atoms with Crippen LogP contribution in [0.2, 0.25) is 0 Å². The Hall–Kier alpha value is -2.49. The molecule has 0 fully saturated rings. The van der Waals surface area contributed by atoms with Crippen molar-refractivity contribution in [3.63, 3.8) is 0 Å². The molecule has 0 aliphatic heterocycles. The second kappa shape index (κ2) is 6.61. The topological polar surface area (TPSA) is 44.8 Å². The number of esters is 1. The number of hydrogen-bond acceptors (Lipinski definition) is 4. The lowest BCUT2D eigenvalue weighted by Crippen LogP contribution is -2.24. The predicted octanol–water partition coefficient (Wildman–Crippen LogP) is 3.42. The van der Waals surface area contributed by atoms with Crippen LogP contribution in [0.4, 0.5) is 0 Å². The summed E-state index contributed by atoms with van der Waals surface area (Å²) in [6, 6.07) is 16.6. The molecule has 0 aliphatic carbocycles. The van der Waals surface area contributed by atoms with Gasteiger partial charge in [0.15, 0.2) is 6.10 Å². The van der Waals surface area contributed by atoms with Crippen LogP contribution in [0.15, 0.2) is 54.6 Å². The first kappa shape index (κ1) is 13.9. The largest absolute Gasteiger partial charge is 0.479 e. The van der Waals surface area contributed by atoms with E-state index < -0.39 is 12.1 Å². The SMILES string of the molecule is COC(=O)C(C)Oc1cccc(Oc2ccccc2)c1. The van der Waals surface area contributed by atoms with Crippen LogP contribution >= 0.6 is 0 Å². The van der Waals surface area contributed by atoms with E-state index in [-0.39, 0.29) is 0 Å². The normalized spacial score (nSPS) is 11.5. The lowest BCUT2D eigenvalue weighted by Gasteiger charge is -2.13. The molecule has 0 amide bonds. The third-order valence-electron chi connectivity index (χ3n) is 2.63. The fourth-order valence-corrected chi connectivity index (χ4v) is 1.65. The zero-order valence-electron chi connectivity index (χ0n) is 11.4. The van der Waals surface area contributed by atoms with Crippen molar-refractivity contribution >= 4 is 5.97 Å². The van der Waals surface area contributed by atoms with E-state index in [0.717, 1.165) is 5.75 Å². The summed E-state index contributed by atoms with van der Waals surface area (Å²) in [5, 5.41) is 0. The molecule has 1 unspecified atom stereocenters. The van der Waals surface area contributed by atoms with Gasteiger partial charge in [-0.2, -0.15) is 0 Å². The minimum atomic E-state index is -0.660. The van der Waals surface area contributed by atoms with Crippen LogP contribution in [0.5, 0.6) is 17.2 Å². The number of carbonyl (C=O) groups excluding carboxylic acids is 1. The summed E-state index contributed by atoms with van der Waals surface area (Å²) < 4.78 is 15.8. The molecule has 20 heavy (non-hydrogen) atoms. The van der Waals surface area contributed by atoms with E-state index in [1.165, 1.54) is 7.11 Å². The zero-order valence-corrected chi connectivity index (χ0v) is 11.4. The first-order chi connectivity index (χ1) is 9.69. The number of para-hydroxylation sites is 1. The highest BCUT2D eigenvalue weighted by Crippen LogP contribution is 2.25. The standard InChI is InChI=1S/C16H16O4/c1-12(16(17)18-2)19-14-9-6-10-15(11-14)20-13-7-4-3-5-8-13/h3-12H,1-2H3. The van der Waals surface area contributed by atoms with Crippen molar-refractivity contribution in [3.8, 4) is 17.2 Å².